The predicted octanol–water partition coefficient (Wildman–Crippen LogP) is 2.82. The van der Waals surface area contributed by atoms with Gasteiger partial charge in [0, 0.05) is 18.4 Å². The van der Waals surface area contributed by atoms with Crippen LogP contribution >= 0.6 is 0 Å². The van der Waals surface area contributed by atoms with Crippen LogP contribution in [0.3, 0.4) is 0 Å². The molecule has 20 heavy (non-hydrogen) atoms. The van der Waals surface area contributed by atoms with Gasteiger partial charge in [-0.1, -0.05) is 19.1 Å². The minimum atomic E-state index is 0.167. The van der Waals surface area contributed by atoms with Gasteiger partial charge >= 0.3 is 0 Å². The Morgan fingerprint density at radius 1 is 1.15 bits per heavy atom. The molecule has 0 spiro atoms. The van der Waals surface area contributed by atoms with Crippen LogP contribution in [0, 0.1) is 0 Å². The van der Waals surface area contributed by atoms with Crippen LogP contribution in [0.2, 0.25) is 0 Å². The summed E-state index contributed by atoms with van der Waals surface area (Å²) in [6.07, 6.45) is 5.46. The zero-order valence-corrected chi connectivity index (χ0v) is 12.0. The SMILES string of the molecule is CCOc1ccccc1-c1ncc(CC(N)CC)cn1. The van der Waals surface area contributed by atoms with Crippen LogP contribution in [0.1, 0.15) is 25.8 Å². The van der Waals surface area contributed by atoms with Crippen LogP contribution < -0.4 is 10.5 Å². The number of ether oxygens (including phenoxy) is 1. The fourth-order valence-corrected chi connectivity index (χ4v) is 1.98. The summed E-state index contributed by atoms with van der Waals surface area (Å²) in [5.41, 5.74) is 7.93. The molecular formula is C16H21N3O. The van der Waals surface area contributed by atoms with Crippen molar-refractivity contribution in [3.8, 4) is 17.1 Å². The molecule has 4 heteroatoms. The fraction of sp³-hybridized carbons (Fsp3) is 0.375. The topological polar surface area (TPSA) is 61.0 Å². The van der Waals surface area contributed by atoms with Gasteiger partial charge in [-0.15, -0.1) is 0 Å². The molecule has 0 aliphatic carbocycles. The molecule has 2 N–H and O–H groups in total. The largest absolute Gasteiger partial charge is 0.493 e. The van der Waals surface area contributed by atoms with Crippen molar-refractivity contribution in [2.45, 2.75) is 32.7 Å². The van der Waals surface area contributed by atoms with E-state index in [2.05, 4.69) is 16.9 Å². The first kappa shape index (κ1) is 14.5. The Morgan fingerprint density at radius 2 is 1.85 bits per heavy atom. The van der Waals surface area contributed by atoms with Crippen molar-refractivity contribution in [1.82, 2.24) is 9.97 Å². The highest BCUT2D eigenvalue weighted by Gasteiger charge is 2.09. The zero-order chi connectivity index (χ0) is 14.4. The van der Waals surface area contributed by atoms with E-state index in [9.17, 15) is 0 Å². The van der Waals surface area contributed by atoms with E-state index < -0.39 is 0 Å². The predicted molar refractivity (Wildman–Crippen MR) is 80.6 cm³/mol. The van der Waals surface area contributed by atoms with E-state index in [0.717, 1.165) is 29.7 Å². The van der Waals surface area contributed by atoms with Crippen molar-refractivity contribution < 1.29 is 4.74 Å². The van der Waals surface area contributed by atoms with E-state index in [0.29, 0.717) is 12.4 Å². The van der Waals surface area contributed by atoms with Crippen molar-refractivity contribution in [2.24, 2.45) is 5.73 Å². The van der Waals surface area contributed by atoms with Gasteiger partial charge in [-0.25, -0.2) is 9.97 Å². The summed E-state index contributed by atoms with van der Waals surface area (Å²) >= 11 is 0. The highest BCUT2D eigenvalue weighted by Crippen LogP contribution is 2.26. The number of aromatic nitrogens is 2. The van der Waals surface area contributed by atoms with E-state index in [1.54, 1.807) is 0 Å². The number of benzene rings is 1. The van der Waals surface area contributed by atoms with Crippen LogP contribution in [0.25, 0.3) is 11.4 Å². The molecule has 1 unspecified atom stereocenters. The summed E-state index contributed by atoms with van der Waals surface area (Å²) in [5, 5.41) is 0. The van der Waals surface area contributed by atoms with Gasteiger partial charge in [-0.2, -0.15) is 0 Å². The first-order valence-electron chi connectivity index (χ1n) is 7.03. The summed E-state index contributed by atoms with van der Waals surface area (Å²) < 4.78 is 5.60. The average molecular weight is 271 g/mol. The molecule has 0 bridgehead atoms. The van der Waals surface area contributed by atoms with Crippen molar-refractivity contribution in [3.05, 3.63) is 42.2 Å². The van der Waals surface area contributed by atoms with E-state index in [1.165, 1.54) is 0 Å². The summed E-state index contributed by atoms with van der Waals surface area (Å²) in [5.74, 6) is 1.50. The van der Waals surface area contributed by atoms with Crippen molar-refractivity contribution >= 4 is 0 Å². The monoisotopic (exact) mass is 271 g/mol. The van der Waals surface area contributed by atoms with Crippen molar-refractivity contribution in [1.29, 1.82) is 0 Å². The second-order valence-corrected chi connectivity index (χ2v) is 4.72. The van der Waals surface area contributed by atoms with Gasteiger partial charge in [0.05, 0.1) is 12.2 Å². The second-order valence-electron chi connectivity index (χ2n) is 4.72. The van der Waals surface area contributed by atoms with E-state index in [4.69, 9.17) is 10.5 Å². The average Bonchev–Trinajstić information content (AvgIpc) is 2.49. The molecule has 0 radical (unpaired) electrons. The zero-order valence-electron chi connectivity index (χ0n) is 12.0. The Morgan fingerprint density at radius 3 is 2.50 bits per heavy atom. The lowest BCUT2D eigenvalue weighted by Crippen LogP contribution is -2.21. The van der Waals surface area contributed by atoms with Crippen LogP contribution in [0.15, 0.2) is 36.7 Å². The number of para-hydroxylation sites is 1. The molecule has 0 amide bonds. The lowest BCUT2D eigenvalue weighted by atomic mass is 10.1. The van der Waals surface area contributed by atoms with Crippen LogP contribution in [0.5, 0.6) is 5.75 Å². The third-order valence-electron chi connectivity index (χ3n) is 3.16. The summed E-state index contributed by atoms with van der Waals surface area (Å²) in [7, 11) is 0. The van der Waals surface area contributed by atoms with Gasteiger partial charge in [0.2, 0.25) is 0 Å². The van der Waals surface area contributed by atoms with E-state index >= 15 is 0 Å². The maximum atomic E-state index is 5.94. The van der Waals surface area contributed by atoms with Gasteiger partial charge in [-0.05, 0) is 37.5 Å². The Kier molecular flexibility index (Phi) is 5.07. The molecule has 0 saturated heterocycles. The van der Waals surface area contributed by atoms with Gasteiger partial charge in [0.15, 0.2) is 5.82 Å². The number of rotatable bonds is 6. The maximum Gasteiger partial charge on any atom is 0.162 e. The first-order valence-corrected chi connectivity index (χ1v) is 7.03. The summed E-state index contributed by atoms with van der Waals surface area (Å²) in [6.45, 7) is 4.67. The minimum Gasteiger partial charge on any atom is -0.493 e. The van der Waals surface area contributed by atoms with Gasteiger partial charge in [0.25, 0.3) is 0 Å². The highest BCUT2D eigenvalue weighted by molar-refractivity contribution is 5.63. The third kappa shape index (κ3) is 3.54. The Bertz CT molecular complexity index is 540. The molecule has 1 heterocycles. The molecular weight excluding hydrogens is 250 g/mol. The van der Waals surface area contributed by atoms with E-state index in [-0.39, 0.29) is 6.04 Å². The second kappa shape index (κ2) is 7.01. The number of hydrogen-bond acceptors (Lipinski definition) is 4. The fourth-order valence-electron chi connectivity index (χ4n) is 1.98. The molecule has 0 aliphatic heterocycles. The molecule has 0 saturated carbocycles. The lowest BCUT2D eigenvalue weighted by Gasteiger charge is -2.10. The first-order chi connectivity index (χ1) is 9.74. The molecule has 2 aromatic rings. The van der Waals surface area contributed by atoms with Gasteiger partial charge in [0.1, 0.15) is 5.75 Å². The molecule has 0 fully saturated rings. The van der Waals surface area contributed by atoms with Gasteiger partial charge in [-0.3, -0.25) is 0 Å². The van der Waals surface area contributed by atoms with Gasteiger partial charge < -0.3 is 10.5 Å². The standard InChI is InChI=1S/C16H21N3O/c1-3-13(17)9-12-10-18-16(19-11-12)14-7-5-6-8-15(14)20-4-2/h5-8,10-11,13H,3-4,9,17H2,1-2H3. The Balaban J connectivity index is 2.21. The molecule has 1 aromatic heterocycles. The lowest BCUT2D eigenvalue weighted by molar-refractivity contribution is 0.341. The Labute approximate surface area is 120 Å². The molecule has 106 valence electrons. The smallest absolute Gasteiger partial charge is 0.162 e. The normalized spacial score (nSPS) is 12.2. The number of nitrogens with two attached hydrogens (primary N) is 1. The van der Waals surface area contributed by atoms with Crippen LogP contribution in [0.4, 0.5) is 0 Å². The minimum absolute atomic E-state index is 0.167. The molecule has 1 atom stereocenters. The Hall–Kier alpha value is -1.94. The van der Waals surface area contributed by atoms with Crippen molar-refractivity contribution in [2.75, 3.05) is 6.61 Å². The molecule has 2 rings (SSSR count). The summed E-state index contributed by atoms with van der Waals surface area (Å²) in [4.78, 5) is 8.87. The quantitative estimate of drug-likeness (QED) is 0.877. The van der Waals surface area contributed by atoms with Crippen LogP contribution in [-0.4, -0.2) is 22.6 Å². The highest BCUT2D eigenvalue weighted by atomic mass is 16.5. The number of hydrogen-bond donors (Lipinski definition) is 1. The third-order valence-corrected chi connectivity index (χ3v) is 3.16. The summed E-state index contributed by atoms with van der Waals surface area (Å²) in [6, 6.07) is 7.98. The molecule has 4 nitrogen and oxygen atoms in total. The van der Waals surface area contributed by atoms with Crippen LogP contribution in [-0.2, 0) is 6.42 Å². The molecule has 1 aromatic carbocycles. The molecule has 0 aliphatic rings. The van der Waals surface area contributed by atoms with Crippen molar-refractivity contribution in [3.63, 3.8) is 0 Å². The maximum absolute atomic E-state index is 5.94. The number of nitrogens with zero attached hydrogens (tertiary/aromatic N) is 2. The van der Waals surface area contributed by atoms with E-state index in [1.807, 2.05) is 43.6 Å².